The second kappa shape index (κ2) is 8.24. The summed E-state index contributed by atoms with van der Waals surface area (Å²) in [5.74, 6) is -4.24. The highest BCUT2D eigenvalue weighted by Gasteiger charge is 2.40. The summed E-state index contributed by atoms with van der Waals surface area (Å²) in [6.45, 7) is 6.22. The number of amides is 2. The second-order valence-electron chi connectivity index (χ2n) is 8.75. The van der Waals surface area contributed by atoms with Gasteiger partial charge in [-0.25, -0.2) is 18.1 Å². The van der Waals surface area contributed by atoms with Crippen molar-refractivity contribution in [2.24, 2.45) is 0 Å². The monoisotopic (exact) mass is 450 g/mol. The molecule has 0 bridgehead atoms. The van der Waals surface area contributed by atoms with Gasteiger partial charge in [0.1, 0.15) is 11.5 Å². The highest BCUT2D eigenvalue weighted by atomic mass is 19.2. The van der Waals surface area contributed by atoms with Gasteiger partial charge in [-0.1, -0.05) is 45.0 Å². The molecule has 0 aromatic heterocycles. The van der Waals surface area contributed by atoms with Gasteiger partial charge in [0.05, 0.1) is 11.3 Å². The van der Waals surface area contributed by atoms with Gasteiger partial charge >= 0.3 is 0 Å². The van der Waals surface area contributed by atoms with Gasteiger partial charge in [0.15, 0.2) is 11.6 Å². The Bertz CT molecular complexity index is 1270. The molecule has 0 atom stereocenters. The summed E-state index contributed by atoms with van der Waals surface area (Å²) in [6, 6.07) is 15.3. The molecule has 4 nitrogen and oxygen atoms in total. The van der Waals surface area contributed by atoms with Crippen molar-refractivity contribution in [3.63, 3.8) is 0 Å². The lowest BCUT2D eigenvalue weighted by atomic mass is 9.87. The van der Waals surface area contributed by atoms with Gasteiger partial charge in [-0.15, -0.1) is 0 Å². The van der Waals surface area contributed by atoms with E-state index in [1.165, 1.54) is 24.3 Å². The molecule has 1 aliphatic rings. The second-order valence-corrected chi connectivity index (χ2v) is 8.75. The molecule has 1 aliphatic heterocycles. The van der Waals surface area contributed by atoms with Crippen LogP contribution < -0.4 is 10.2 Å². The van der Waals surface area contributed by atoms with Crippen molar-refractivity contribution in [3.8, 4) is 0 Å². The van der Waals surface area contributed by atoms with Gasteiger partial charge in [0.25, 0.3) is 11.8 Å². The van der Waals surface area contributed by atoms with Crippen LogP contribution in [0, 0.1) is 17.5 Å². The lowest BCUT2D eigenvalue weighted by Gasteiger charge is -2.19. The van der Waals surface area contributed by atoms with E-state index < -0.39 is 29.3 Å². The van der Waals surface area contributed by atoms with E-state index in [2.05, 4.69) is 26.1 Å². The normalized spacial score (nSPS) is 14.3. The highest BCUT2D eigenvalue weighted by Crippen LogP contribution is 2.34. The summed E-state index contributed by atoms with van der Waals surface area (Å²) in [5.41, 5.74) is 1.74. The van der Waals surface area contributed by atoms with E-state index in [1.54, 1.807) is 12.1 Å². The third-order valence-electron chi connectivity index (χ3n) is 5.40. The van der Waals surface area contributed by atoms with Crippen molar-refractivity contribution in [1.82, 2.24) is 0 Å². The zero-order chi connectivity index (χ0) is 23.9. The molecule has 33 heavy (non-hydrogen) atoms. The molecule has 0 radical (unpaired) electrons. The molecule has 1 N–H and O–H groups in total. The molecular weight excluding hydrogens is 429 g/mol. The summed E-state index contributed by atoms with van der Waals surface area (Å²) in [5, 5.41) is 2.99. The number of benzene rings is 3. The summed E-state index contributed by atoms with van der Waals surface area (Å²) < 4.78 is 40.7. The Morgan fingerprint density at radius 3 is 1.97 bits per heavy atom. The lowest BCUT2D eigenvalue weighted by molar-refractivity contribution is -0.120. The van der Waals surface area contributed by atoms with E-state index in [4.69, 9.17) is 0 Å². The maximum atomic E-state index is 13.8. The van der Waals surface area contributed by atoms with Gasteiger partial charge in [-0.3, -0.25) is 9.59 Å². The number of nitrogens with one attached hydrogen (secondary N) is 1. The van der Waals surface area contributed by atoms with Gasteiger partial charge in [-0.05, 0) is 52.9 Å². The number of imide groups is 1. The third-order valence-corrected chi connectivity index (χ3v) is 5.40. The topological polar surface area (TPSA) is 49.4 Å². The number of carbonyl (C=O) groups excluding carboxylic acids is 2. The number of nitrogens with zero attached hydrogens (tertiary/aromatic N) is 1. The zero-order valence-electron chi connectivity index (χ0n) is 18.2. The summed E-state index contributed by atoms with van der Waals surface area (Å²) in [7, 11) is 0. The van der Waals surface area contributed by atoms with Crippen LogP contribution in [0.5, 0.6) is 0 Å². The van der Waals surface area contributed by atoms with Crippen molar-refractivity contribution < 1.29 is 22.8 Å². The zero-order valence-corrected chi connectivity index (χ0v) is 18.2. The van der Waals surface area contributed by atoms with E-state index in [0.29, 0.717) is 11.3 Å². The summed E-state index contributed by atoms with van der Waals surface area (Å²) >= 11 is 0. The van der Waals surface area contributed by atoms with Crippen molar-refractivity contribution in [2.45, 2.75) is 26.2 Å². The molecule has 0 unspecified atom stereocenters. The number of carbonyl (C=O) groups is 2. The van der Waals surface area contributed by atoms with E-state index in [1.807, 2.05) is 12.1 Å². The van der Waals surface area contributed by atoms with Crippen LogP contribution in [0.25, 0.3) is 5.57 Å². The van der Waals surface area contributed by atoms with Crippen LogP contribution in [-0.2, 0) is 15.0 Å². The van der Waals surface area contributed by atoms with Gasteiger partial charge < -0.3 is 5.32 Å². The maximum absolute atomic E-state index is 13.8. The smallest absolute Gasteiger partial charge is 0.282 e. The SMILES string of the molecule is CC(C)(C)c1ccc(NC2=C(c3ccc(F)cc3)C(=O)N(c3ccc(F)c(F)c3)C2=O)cc1. The number of anilines is 2. The fourth-order valence-corrected chi connectivity index (χ4v) is 3.59. The number of halogens is 3. The predicted octanol–water partition coefficient (Wildman–Crippen LogP) is 5.80. The Labute approximate surface area is 189 Å². The lowest BCUT2D eigenvalue weighted by Crippen LogP contribution is -2.32. The largest absolute Gasteiger partial charge is 0.350 e. The average Bonchev–Trinajstić information content (AvgIpc) is 3.00. The van der Waals surface area contributed by atoms with Gasteiger partial charge in [0, 0.05) is 11.8 Å². The fourth-order valence-electron chi connectivity index (χ4n) is 3.59. The molecule has 168 valence electrons. The summed E-state index contributed by atoms with van der Waals surface area (Å²) in [4.78, 5) is 27.3. The van der Waals surface area contributed by atoms with Gasteiger partial charge in [0.2, 0.25) is 0 Å². The molecule has 0 fully saturated rings. The van der Waals surface area contributed by atoms with Crippen molar-refractivity contribution in [3.05, 3.63) is 101 Å². The van der Waals surface area contributed by atoms with Gasteiger partial charge in [-0.2, -0.15) is 0 Å². The van der Waals surface area contributed by atoms with Crippen LogP contribution in [0.1, 0.15) is 31.9 Å². The Kier molecular flexibility index (Phi) is 5.57. The van der Waals surface area contributed by atoms with Crippen LogP contribution in [0.4, 0.5) is 24.5 Å². The van der Waals surface area contributed by atoms with Crippen LogP contribution in [0.15, 0.2) is 72.4 Å². The van der Waals surface area contributed by atoms with Crippen molar-refractivity contribution in [2.75, 3.05) is 10.2 Å². The quantitative estimate of drug-likeness (QED) is 0.512. The maximum Gasteiger partial charge on any atom is 0.282 e. The first kappa shape index (κ1) is 22.3. The number of rotatable bonds is 4. The minimum absolute atomic E-state index is 0.00429. The Morgan fingerprint density at radius 1 is 0.758 bits per heavy atom. The minimum Gasteiger partial charge on any atom is -0.350 e. The molecule has 4 rings (SSSR count). The molecule has 1 heterocycles. The highest BCUT2D eigenvalue weighted by molar-refractivity contribution is 6.46. The van der Waals surface area contributed by atoms with Crippen molar-refractivity contribution in [1.29, 1.82) is 0 Å². The number of hydrogen-bond donors (Lipinski definition) is 1. The average molecular weight is 450 g/mol. The van der Waals surface area contributed by atoms with E-state index in [-0.39, 0.29) is 22.4 Å². The number of hydrogen-bond acceptors (Lipinski definition) is 3. The third kappa shape index (κ3) is 4.26. The van der Waals surface area contributed by atoms with E-state index >= 15 is 0 Å². The molecule has 0 aliphatic carbocycles. The van der Waals surface area contributed by atoms with Crippen LogP contribution in [0.3, 0.4) is 0 Å². The standard InChI is InChI=1S/C26H21F3N2O2/c1-26(2,3)16-6-10-18(11-7-16)30-23-22(15-4-8-17(27)9-5-15)24(32)31(25(23)33)19-12-13-20(28)21(29)14-19/h4-14,30H,1-3H3. The van der Waals surface area contributed by atoms with Crippen molar-refractivity contribution >= 4 is 28.8 Å². The molecule has 0 saturated heterocycles. The Hall–Kier alpha value is -3.87. The van der Waals surface area contributed by atoms with Crippen LogP contribution >= 0.6 is 0 Å². The molecule has 3 aromatic rings. The molecular formula is C26H21F3N2O2. The first-order valence-electron chi connectivity index (χ1n) is 10.3. The van der Waals surface area contributed by atoms with Crippen LogP contribution in [0.2, 0.25) is 0 Å². The van der Waals surface area contributed by atoms with E-state index in [0.717, 1.165) is 28.7 Å². The van der Waals surface area contributed by atoms with Crippen LogP contribution in [-0.4, -0.2) is 11.8 Å². The first-order valence-corrected chi connectivity index (χ1v) is 10.3. The molecule has 0 spiro atoms. The first-order chi connectivity index (χ1) is 15.6. The Morgan fingerprint density at radius 2 is 1.39 bits per heavy atom. The fraction of sp³-hybridized carbons (Fsp3) is 0.154. The Balaban J connectivity index is 1.78. The summed E-state index contributed by atoms with van der Waals surface area (Å²) in [6.07, 6.45) is 0. The predicted molar refractivity (Wildman–Crippen MR) is 121 cm³/mol. The minimum atomic E-state index is -1.18. The molecule has 3 aromatic carbocycles. The molecule has 7 heteroatoms. The van der Waals surface area contributed by atoms with E-state index in [9.17, 15) is 22.8 Å². The molecule has 0 saturated carbocycles. The molecule has 2 amide bonds.